The van der Waals surface area contributed by atoms with Crippen LogP contribution in [0.1, 0.15) is 12.5 Å². The Kier molecular flexibility index (Phi) is 5.39. The van der Waals surface area contributed by atoms with Crippen LogP contribution in [0.25, 0.3) is 17.0 Å². The highest BCUT2D eigenvalue weighted by atomic mass is 79.9. The summed E-state index contributed by atoms with van der Waals surface area (Å²) in [5, 5.41) is 26.9. The Hall–Kier alpha value is -3.46. The van der Waals surface area contributed by atoms with Gasteiger partial charge in [-0.2, -0.15) is 9.62 Å². The molecule has 0 aliphatic heterocycles. The van der Waals surface area contributed by atoms with Crippen molar-refractivity contribution in [2.75, 3.05) is 12.0 Å². The van der Waals surface area contributed by atoms with Gasteiger partial charge in [-0.1, -0.05) is 28.1 Å². The zero-order valence-electron chi connectivity index (χ0n) is 15.5. The molecule has 0 saturated heterocycles. The van der Waals surface area contributed by atoms with Gasteiger partial charge in [0.15, 0.2) is 28.8 Å². The van der Waals surface area contributed by atoms with Gasteiger partial charge in [0.25, 0.3) is 0 Å². The minimum Gasteiger partial charge on any atom is -0.504 e. The number of phenolic OH excluding ortho intramolecular Hbond substituents is 1. The molecule has 2 aromatic carbocycles. The van der Waals surface area contributed by atoms with Crippen molar-refractivity contribution in [2.45, 2.75) is 6.92 Å². The second-order valence-electron chi connectivity index (χ2n) is 6.05. The summed E-state index contributed by atoms with van der Waals surface area (Å²) < 4.78 is 8.03. The molecule has 0 saturated carbocycles. The van der Waals surface area contributed by atoms with Gasteiger partial charge in [0, 0.05) is 10.0 Å². The number of anilines is 1. The molecule has 2 heterocycles. The maximum atomic E-state index is 9.77. The van der Waals surface area contributed by atoms with Gasteiger partial charge in [0.05, 0.1) is 12.8 Å². The topological polar surface area (TPSA) is 96.9 Å². The predicted octanol–water partition coefficient (Wildman–Crippen LogP) is 4.10. The SMILES string of the molecule is CCOc1cc(C=NNc2ccc3nnc(-c4ccc(Br)cc4)n3n2)ccc1O. The first-order chi connectivity index (χ1) is 14.1. The Morgan fingerprint density at radius 2 is 1.97 bits per heavy atom. The van der Waals surface area contributed by atoms with Crippen molar-refractivity contribution in [3.8, 4) is 22.9 Å². The zero-order valence-corrected chi connectivity index (χ0v) is 17.0. The van der Waals surface area contributed by atoms with E-state index in [9.17, 15) is 5.11 Å². The molecule has 9 heteroatoms. The third-order valence-corrected chi connectivity index (χ3v) is 4.57. The van der Waals surface area contributed by atoms with Gasteiger partial charge in [0.2, 0.25) is 0 Å². The normalized spacial score (nSPS) is 11.2. The van der Waals surface area contributed by atoms with E-state index in [4.69, 9.17) is 4.74 Å². The molecule has 0 unspecified atom stereocenters. The lowest BCUT2D eigenvalue weighted by atomic mass is 10.2. The highest BCUT2D eigenvalue weighted by Crippen LogP contribution is 2.26. The van der Waals surface area contributed by atoms with Crippen LogP contribution in [0.5, 0.6) is 11.5 Å². The monoisotopic (exact) mass is 452 g/mol. The molecule has 0 aliphatic rings. The minimum atomic E-state index is 0.0946. The number of hydrazone groups is 1. The highest BCUT2D eigenvalue weighted by molar-refractivity contribution is 9.10. The number of fused-ring (bicyclic) bond motifs is 1. The number of hydrogen-bond acceptors (Lipinski definition) is 7. The fraction of sp³-hybridized carbons (Fsp3) is 0.100. The smallest absolute Gasteiger partial charge is 0.185 e. The number of rotatable bonds is 6. The molecule has 0 aliphatic carbocycles. The van der Waals surface area contributed by atoms with Crippen LogP contribution in [-0.4, -0.2) is 37.7 Å². The number of phenols is 1. The van der Waals surface area contributed by atoms with Crippen molar-refractivity contribution >= 4 is 33.6 Å². The number of hydrogen-bond donors (Lipinski definition) is 2. The minimum absolute atomic E-state index is 0.0946. The van der Waals surface area contributed by atoms with Gasteiger partial charge in [-0.25, -0.2) is 0 Å². The number of nitrogens with zero attached hydrogens (tertiary/aromatic N) is 5. The summed E-state index contributed by atoms with van der Waals surface area (Å²) in [6.07, 6.45) is 1.62. The molecule has 0 atom stereocenters. The van der Waals surface area contributed by atoms with E-state index in [2.05, 4.69) is 41.8 Å². The van der Waals surface area contributed by atoms with E-state index in [0.717, 1.165) is 15.6 Å². The Bertz CT molecular complexity index is 1170. The standard InChI is InChI=1S/C20H17BrN6O2/c1-2-29-17-11-13(3-8-16(17)28)12-22-23-18-9-10-19-24-25-20(27(19)26-18)14-4-6-15(21)7-5-14/h3-12,28H,2H2,1H3,(H,23,26). The van der Waals surface area contributed by atoms with Gasteiger partial charge >= 0.3 is 0 Å². The summed E-state index contributed by atoms with van der Waals surface area (Å²) >= 11 is 3.43. The number of ether oxygens (including phenoxy) is 1. The van der Waals surface area contributed by atoms with Gasteiger partial charge in [-0.3, -0.25) is 5.43 Å². The average Bonchev–Trinajstić information content (AvgIpc) is 3.14. The molecule has 0 amide bonds. The van der Waals surface area contributed by atoms with Crippen molar-refractivity contribution in [2.24, 2.45) is 5.10 Å². The van der Waals surface area contributed by atoms with E-state index in [1.54, 1.807) is 35.0 Å². The van der Waals surface area contributed by atoms with Crippen LogP contribution in [0, 0.1) is 0 Å². The highest BCUT2D eigenvalue weighted by Gasteiger charge is 2.10. The van der Waals surface area contributed by atoms with E-state index in [1.165, 1.54) is 0 Å². The summed E-state index contributed by atoms with van der Waals surface area (Å²) in [5.74, 6) is 1.69. The molecule has 4 aromatic rings. The molecule has 8 nitrogen and oxygen atoms in total. The van der Waals surface area contributed by atoms with E-state index < -0.39 is 0 Å². The third kappa shape index (κ3) is 4.19. The van der Waals surface area contributed by atoms with E-state index in [1.807, 2.05) is 37.3 Å². The average molecular weight is 453 g/mol. The summed E-state index contributed by atoms with van der Waals surface area (Å²) in [5.41, 5.74) is 5.22. The maximum absolute atomic E-state index is 9.77. The van der Waals surface area contributed by atoms with E-state index >= 15 is 0 Å². The van der Waals surface area contributed by atoms with E-state index in [0.29, 0.717) is 29.6 Å². The number of aromatic nitrogens is 4. The predicted molar refractivity (Wildman–Crippen MR) is 114 cm³/mol. The second-order valence-corrected chi connectivity index (χ2v) is 6.96. The lowest BCUT2D eigenvalue weighted by Crippen LogP contribution is -2.00. The first-order valence-electron chi connectivity index (χ1n) is 8.87. The van der Waals surface area contributed by atoms with Gasteiger partial charge in [-0.05, 0) is 55.0 Å². The molecule has 2 N–H and O–H groups in total. The van der Waals surface area contributed by atoms with Crippen LogP contribution in [-0.2, 0) is 0 Å². The number of nitrogens with one attached hydrogen (secondary N) is 1. The lowest BCUT2D eigenvalue weighted by Gasteiger charge is -2.06. The van der Waals surface area contributed by atoms with Crippen molar-refractivity contribution in [1.29, 1.82) is 0 Å². The van der Waals surface area contributed by atoms with Gasteiger partial charge < -0.3 is 9.84 Å². The third-order valence-electron chi connectivity index (χ3n) is 4.04. The Morgan fingerprint density at radius 1 is 1.14 bits per heavy atom. The molecular formula is C20H17BrN6O2. The molecule has 0 radical (unpaired) electrons. The van der Waals surface area contributed by atoms with Gasteiger partial charge in [0.1, 0.15) is 0 Å². The molecule has 2 aromatic heterocycles. The van der Waals surface area contributed by atoms with Crippen LogP contribution < -0.4 is 10.2 Å². The van der Waals surface area contributed by atoms with Crippen LogP contribution in [0.3, 0.4) is 0 Å². The molecule has 0 spiro atoms. The van der Waals surface area contributed by atoms with Crippen molar-refractivity contribution in [3.63, 3.8) is 0 Å². The molecule has 146 valence electrons. The van der Waals surface area contributed by atoms with Crippen molar-refractivity contribution < 1.29 is 9.84 Å². The zero-order chi connectivity index (χ0) is 20.2. The second kappa shape index (κ2) is 8.27. The number of benzene rings is 2. The van der Waals surface area contributed by atoms with E-state index in [-0.39, 0.29) is 5.75 Å². The Labute approximate surface area is 175 Å². The first kappa shape index (κ1) is 18.9. The summed E-state index contributed by atoms with van der Waals surface area (Å²) in [6, 6.07) is 16.4. The molecule has 0 fully saturated rings. The van der Waals surface area contributed by atoms with Crippen LogP contribution in [0.4, 0.5) is 5.82 Å². The molecule has 0 bridgehead atoms. The van der Waals surface area contributed by atoms with Crippen molar-refractivity contribution in [1.82, 2.24) is 19.8 Å². The van der Waals surface area contributed by atoms with Crippen molar-refractivity contribution in [3.05, 3.63) is 64.6 Å². The number of halogens is 1. The summed E-state index contributed by atoms with van der Waals surface area (Å²) in [4.78, 5) is 0. The van der Waals surface area contributed by atoms with Crippen LogP contribution in [0.2, 0.25) is 0 Å². The van der Waals surface area contributed by atoms with Crippen LogP contribution >= 0.6 is 15.9 Å². The summed E-state index contributed by atoms with van der Waals surface area (Å²) in [6.45, 7) is 2.33. The summed E-state index contributed by atoms with van der Waals surface area (Å²) in [7, 11) is 0. The first-order valence-corrected chi connectivity index (χ1v) is 9.66. The Morgan fingerprint density at radius 3 is 2.76 bits per heavy atom. The number of aromatic hydroxyl groups is 1. The maximum Gasteiger partial charge on any atom is 0.185 e. The lowest BCUT2D eigenvalue weighted by molar-refractivity contribution is 0.318. The largest absolute Gasteiger partial charge is 0.504 e. The Balaban J connectivity index is 1.56. The fourth-order valence-electron chi connectivity index (χ4n) is 2.68. The van der Waals surface area contributed by atoms with Crippen LogP contribution in [0.15, 0.2) is 64.2 Å². The fourth-order valence-corrected chi connectivity index (χ4v) is 2.95. The van der Waals surface area contributed by atoms with Gasteiger partial charge in [-0.15, -0.1) is 15.3 Å². The quantitative estimate of drug-likeness (QED) is 0.337. The molecule has 4 rings (SSSR count). The molecular weight excluding hydrogens is 436 g/mol. The molecule has 29 heavy (non-hydrogen) atoms.